The van der Waals surface area contributed by atoms with E-state index in [2.05, 4.69) is 0 Å². The number of imide groups is 1. The first-order valence-electron chi connectivity index (χ1n) is 9.43. The molecule has 3 rings (SSSR count). The second-order valence-corrected chi connectivity index (χ2v) is 8.02. The van der Waals surface area contributed by atoms with Crippen LogP contribution in [0.5, 0.6) is 0 Å². The van der Waals surface area contributed by atoms with Gasteiger partial charge in [0.05, 0.1) is 23.7 Å². The van der Waals surface area contributed by atoms with Crippen LogP contribution in [0, 0.1) is 6.92 Å². The molecule has 1 aromatic carbocycles. The fourth-order valence-electron chi connectivity index (χ4n) is 2.95. The molecule has 0 radical (unpaired) electrons. The first-order chi connectivity index (χ1) is 14.7. The molecule has 31 heavy (non-hydrogen) atoms. The number of furan rings is 1. The quantitative estimate of drug-likeness (QED) is 0.487. The standard InChI is InChI=1S/C22H21NO7S/c1-12(2)29-19(24)11-23-20(25)18(31-22(23)27)10-15-6-8-17(30-15)16-7-5-14(9-13(16)3)21(26)28-4/h5-10,12H,11H2,1-4H3/b18-10+. The van der Waals surface area contributed by atoms with Crippen LogP contribution in [-0.2, 0) is 19.1 Å². The van der Waals surface area contributed by atoms with Gasteiger partial charge in [0.25, 0.3) is 11.1 Å². The van der Waals surface area contributed by atoms with Crippen LogP contribution in [0.4, 0.5) is 4.79 Å². The highest BCUT2D eigenvalue weighted by Crippen LogP contribution is 2.34. The van der Waals surface area contributed by atoms with Gasteiger partial charge in [0.2, 0.25) is 0 Å². The van der Waals surface area contributed by atoms with E-state index in [0.29, 0.717) is 17.1 Å². The van der Waals surface area contributed by atoms with Crippen molar-refractivity contribution >= 4 is 40.9 Å². The molecule has 0 bridgehead atoms. The number of carbonyl (C=O) groups is 4. The number of carbonyl (C=O) groups excluding carboxylic acids is 4. The van der Waals surface area contributed by atoms with Crippen LogP contribution in [0.25, 0.3) is 17.4 Å². The van der Waals surface area contributed by atoms with Crippen LogP contribution in [-0.4, -0.2) is 47.7 Å². The van der Waals surface area contributed by atoms with E-state index >= 15 is 0 Å². The number of amides is 2. The van der Waals surface area contributed by atoms with Crippen LogP contribution in [0.3, 0.4) is 0 Å². The Balaban J connectivity index is 1.77. The first-order valence-corrected chi connectivity index (χ1v) is 10.2. The predicted molar refractivity (Wildman–Crippen MR) is 114 cm³/mol. The summed E-state index contributed by atoms with van der Waals surface area (Å²) in [5.74, 6) is -0.735. The van der Waals surface area contributed by atoms with E-state index < -0.39 is 29.6 Å². The summed E-state index contributed by atoms with van der Waals surface area (Å²) in [4.78, 5) is 49.1. The number of nitrogens with zero attached hydrogens (tertiary/aromatic N) is 1. The van der Waals surface area contributed by atoms with Gasteiger partial charge in [0.1, 0.15) is 18.1 Å². The fourth-order valence-corrected chi connectivity index (χ4v) is 3.77. The van der Waals surface area contributed by atoms with E-state index in [1.807, 2.05) is 6.92 Å². The van der Waals surface area contributed by atoms with Crippen molar-refractivity contribution in [1.29, 1.82) is 0 Å². The molecule has 0 atom stereocenters. The SMILES string of the molecule is COC(=O)c1ccc(-c2ccc(/C=C3/SC(=O)N(CC(=O)OC(C)C)C3=O)o2)c(C)c1. The molecule has 8 nitrogen and oxygen atoms in total. The minimum atomic E-state index is -0.648. The maximum atomic E-state index is 12.5. The summed E-state index contributed by atoms with van der Waals surface area (Å²) in [6, 6.07) is 8.49. The van der Waals surface area contributed by atoms with Crippen LogP contribution < -0.4 is 0 Å². The Morgan fingerprint density at radius 1 is 1.19 bits per heavy atom. The second kappa shape index (κ2) is 9.22. The molecule has 2 heterocycles. The zero-order valence-electron chi connectivity index (χ0n) is 17.5. The molecule has 0 unspecified atom stereocenters. The molecule has 2 aromatic rings. The van der Waals surface area contributed by atoms with Crippen molar-refractivity contribution in [3.8, 4) is 11.3 Å². The number of aryl methyl sites for hydroxylation is 1. The monoisotopic (exact) mass is 443 g/mol. The molecule has 1 aliphatic rings. The Labute approximate surface area is 183 Å². The van der Waals surface area contributed by atoms with Gasteiger partial charge in [-0.25, -0.2) is 4.79 Å². The van der Waals surface area contributed by atoms with Crippen molar-refractivity contribution in [3.05, 3.63) is 52.1 Å². The lowest BCUT2D eigenvalue weighted by atomic mass is 10.0. The lowest BCUT2D eigenvalue weighted by Crippen LogP contribution is -2.35. The highest BCUT2D eigenvalue weighted by Gasteiger charge is 2.37. The fraction of sp³-hybridized carbons (Fsp3) is 0.273. The van der Waals surface area contributed by atoms with Crippen LogP contribution in [0.15, 0.2) is 39.7 Å². The van der Waals surface area contributed by atoms with E-state index in [1.54, 1.807) is 44.2 Å². The van der Waals surface area contributed by atoms with Gasteiger partial charge in [-0.1, -0.05) is 6.07 Å². The third-order valence-corrected chi connectivity index (χ3v) is 5.25. The Morgan fingerprint density at radius 2 is 1.94 bits per heavy atom. The Kier molecular flexibility index (Phi) is 6.65. The van der Waals surface area contributed by atoms with Gasteiger partial charge in [0.15, 0.2) is 0 Å². The highest BCUT2D eigenvalue weighted by atomic mass is 32.2. The summed E-state index contributed by atoms with van der Waals surface area (Å²) in [6.07, 6.45) is 1.12. The summed E-state index contributed by atoms with van der Waals surface area (Å²) in [7, 11) is 1.32. The minimum Gasteiger partial charge on any atom is -0.465 e. The largest absolute Gasteiger partial charge is 0.465 e. The molecular weight excluding hydrogens is 422 g/mol. The van der Waals surface area contributed by atoms with Crippen molar-refractivity contribution in [1.82, 2.24) is 4.90 Å². The van der Waals surface area contributed by atoms with E-state index in [0.717, 1.165) is 27.8 Å². The summed E-state index contributed by atoms with van der Waals surface area (Å²) >= 11 is 0.733. The normalized spacial score (nSPS) is 15.1. The van der Waals surface area contributed by atoms with Gasteiger partial charge in [-0.2, -0.15) is 0 Å². The third kappa shape index (κ3) is 5.05. The number of hydrogen-bond donors (Lipinski definition) is 0. The number of methoxy groups -OCH3 is 1. The molecule has 1 aromatic heterocycles. The lowest BCUT2D eigenvalue weighted by molar-refractivity contribution is -0.149. The Hall–Kier alpha value is -3.33. The van der Waals surface area contributed by atoms with Crippen molar-refractivity contribution in [3.63, 3.8) is 0 Å². The molecule has 9 heteroatoms. The van der Waals surface area contributed by atoms with Crippen molar-refractivity contribution in [2.24, 2.45) is 0 Å². The maximum absolute atomic E-state index is 12.5. The van der Waals surface area contributed by atoms with E-state index in [1.165, 1.54) is 13.2 Å². The Morgan fingerprint density at radius 3 is 2.58 bits per heavy atom. The molecule has 1 fully saturated rings. The highest BCUT2D eigenvalue weighted by molar-refractivity contribution is 8.18. The number of hydrogen-bond acceptors (Lipinski definition) is 8. The van der Waals surface area contributed by atoms with Crippen LogP contribution in [0.2, 0.25) is 0 Å². The smallest absolute Gasteiger partial charge is 0.337 e. The van der Waals surface area contributed by atoms with Crippen molar-refractivity contribution < 1.29 is 33.1 Å². The van der Waals surface area contributed by atoms with Crippen LogP contribution in [0.1, 0.15) is 35.5 Å². The predicted octanol–water partition coefficient (Wildman–Crippen LogP) is 4.03. The molecular formula is C22H21NO7S. The number of ether oxygens (including phenoxy) is 2. The van der Waals surface area contributed by atoms with E-state index in [-0.39, 0.29) is 11.0 Å². The molecule has 162 valence electrons. The molecule has 2 amide bonds. The number of rotatable bonds is 6. The molecule has 0 N–H and O–H groups in total. The third-order valence-electron chi connectivity index (χ3n) is 4.34. The van der Waals surface area contributed by atoms with Crippen LogP contribution >= 0.6 is 11.8 Å². The van der Waals surface area contributed by atoms with E-state index in [9.17, 15) is 19.2 Å². The molecule has 0 spiro atoms. The number of benzene rings is 1. The van der Waals surface area contributed by atoms with Gasteiger partial charge in [-0.15, -0.1) is 0 Å². The number of thioether (sulfide) groups is 1. The zero-order chi connectivity index (χ0) is 22.7. The van der Waals surface area contributed by atoms with E-state index in [4.69, 9.17) is 13.9 Å². The van der Waals surface area contributed by atoms with Gasteiger partial charge in [-0.05, 0) is 62.4 Å². The Bertz CT molecular complexity index is 1080. The second-order valence-electron chi connectivity index (χ2n) is 7.03. The summed E-state index contributed by atoms with van der Waals surface area (Å²) in [5.41, 5.74) is 2.02. The average molecular weight is 443 g/mol. The van der Waals surface area contributed by atoms with Gasteiger partial charge < -0.3 is 13.9 Å². The molecule has 1 aliphatic heterocycles. The van der Waals surface area contributed by atoms with Gasteiger partial charge >= 0.3 is 11.9 Å². The first kappa shape index (κ1) is 22.4. The van der Waals surface area contributed by atoms with Crippen molar-refractivity contribution in [2.75, 3.05) is 13.7 Å². The summed E-state index contributed by atoms with van der Waals surface area (Å²) in [6.45, 7) is 4.77. The van der Waals surface area contributed by atoms with Crippen molar-refractivity contribution in [2.45, 2.75) is 26.9 Å². The minimum absolute atomic E-state index is 0.154. The summed E-state index contributed by atoms with van der Waals surface area (Å²) in [5, 5.41) is -0.544. The maximum Gasteiger partial charge on any atom is 0.337 e. The zero-order valence-corrected chi connectivity index (χ0v) is 18.3. The lowest BCUT2D eigenvalue weighted by Gasteiger charge is -2.13. The molecule has 1 saturated heterocycles. The molecule has 0 saturated carbocycles. The summed E-state index contributed by atoms with van der Waals surface area (Å²) < 4.78 is 15.5. The van der Waals surface area contributed by atoms with Gasteiger partial charge in [0, 0.05) is 11.6 Å². The topological polar surface area (TPSA) is 103 Å². The average Bonchev–Trinajstić information content (AvgIpc) is 3.27. The molecule has 0 aliphatic carbocycles. The number of esters is 2. The van der Waals surface area contributed by atoms with Gasteiger partial charge in [-0.3, -0.25) is 19.3 Å².